The number of nitrogens with two attached hydrogens (primary N) is 1. The van der Waals surface area contributed by atoms with E-state index >= 15 is 0 Å². The average molecular weight is 339 g/mol. The molecular formula is C15H31ClN2O4. The van der Waals surface area contributed by atoms with Gasteiger partial charge in [0.15, 0.2) is 0 Å². The van der Waals surface area contributed by atoms with Crippen LogP contribution in [-0.2, 0) is 14.3 Å². The van der Waals surface area contributed by atoms with Gasteiger partial charge < -0.3 is 20.5 Å². The molecule has 0 bridgehead atoms. The van der Waals surface area contributed by atoms with Gasteiger partial charge in [-0.1, -0.05) is 13.3 Å². The van der Waals surface area contributed by atoms with Crippen molar-refractivity contribution in [2.24, 2.45) is 5.73 Å². The molecular weight excluding hydrogens is 308 g/mol. The van der Waals surface area contributed by atoms with Gasteiger partial charge >= 0.3 is 12.1 Å². The minimum Gasteiger partial charge on any atom is -0.458 e. The Kier molecular flexibility index (Phi) is 13.2. The van der Waals surface area contributed by atoms with Crippen LogP contribution in [0.3, 0.4) is 0 Å². The molecule has 0 radical (unpaired) electrons. The molecule has 0 rings (SSSR count). The third-order valence-electron chi connectivity index (χ3n) is 2.66. The molecule has 0 aromatic heterocycles. The Hall–Kier alpha value is -1.01. The maximum atomic E-state index is 12.1. The topological polar surface area (TPSA) is 90.6 Å². The number of carbonyl (C=O) groups is 2. The number of esters is 1. The van der Waals surface area contributed by atoms with Crippen LogP contribution in [0, 0.1) is 0 Å². The summed E-state index contributed by atoms with van der Waals surface area (Å²) in [7, 11) is 0. The van der Waals surface area contributed by atoms with Crippen LogP contribution in [0.2, 0.25) is 0 Å². The number of halogens is 1. The first-order valence-corrected chi connectivity index (χ1v) is 7.66. The van der Waals surface area contributed by atoms with E-state index in [4.69, 9.17) is 15.2 Å². The van der Waals surface area contributed by atoms with Crippen molar-refractivity contribution in [2.75, 3.05) is 13.2 Å². The Bertz CT molecular complexity index is 319. The van der Waals surface area contributed by atoms with Crippen molar-refractivity contribution < 1.29 is 19.1 Å². The molecule has 0 aliphatic carbocycles. The molecule has 0 aliphatic rings. The summed E-state index contributed by atoms with van der Waals surface area (Å²) in [5.41, 5.74) is 4.86. The van der Waals surface area contributed by atoms with Crippen LogP contribution >= 0.6 is 12.4 Å². The van der Waals surface area contributed by atoms with Gasteiger partial charge in [0.1, 0.15) is 11.6 Å². The van der Waals surface area contributed by atoms with Crippen LogP contribution in [0.5, 0.6) is 0 Å². The standard InChI is InChI=1S/C15H30N2O4.ClH/c1-5-6-11-20-14(19)17-12(9-7-8-10-16)13(18)21-15(2,3)4;/h12H,5-11,16H2,1-4H3,(H,17,19);1H/t12-;/m0./s1. The fourth-order valence-electron chi connectivity index (χ4n) is 1.61. The largest absolute Gasteiger partial charge is 0.458 e. The van der Waals surface area contributed by atoms with E-state index in [1.54, 1.807) is 20.8 Å². The van der Waals surface area contributed by atoms with E-state index in [1.165, 1.54) is 0 Å². The number of nitrogens with one attached hydrogen (secondary N) is 1. The molecule has 0 unspecified atom stereocenters. The third kappa shape index (κ3) is 12.7. The lowest BCUT2D eigenvalue weighted by atomic mass is 10.1. The van der Waals surface area contributed by atoms with Crippen LogP contribution < -0.4 is 11.1 Å². The molecule has 1 amide bonds. The first-order valence-electron chi connectivity index (χ1n) is 7.66. The maximum Gasteiger partial charge on any atom is 0.407 e. The summed E-state index contributed by atoms with van der Waals surface area (Å²) in [4.78, 5) is 23.8. The first kappa shape index (κ1) is 23.3. The highest BCUT2D eigenvalue weighted by Gasteiger charge is 2.26. The monoisotopic (exact) mass is 338 g/mol. The number of rotatable bonds is 9. The van der Waals surface area contributed by atoms with Crippen LogP contribution in [0.15, 0.2) is 0 Å². The fraction of sp³-hybridized carbons (Fsp3) is 0.867. The molecule has 0 saturated heterocycles. The van der Waals surface area contributed by atoms with Gasteiger partial charge in [-0.25, -0.2) is 9.59 Å². The minimum absolute atomic E-state index is 0. The summed E-state index contributed by atoms with van der Waals surface area (Å²) in [6.07, 6.45) is 3.21. The zero-order valence-corrected chi connectivity index (χ0v) is 15.0. The highest BCUT2D eigenvalue weighted by atomic mass is 35.5. The van der Waals surface area contributed by atoms with Crippen molar-refractivity contribution in [2.45, 2.75) is 71.4 Å². The molecule has 0 heterocycles. The first-order chi connectivity index (χ1) is 9.80. The Morgan fingerprint density at radius 1 is 1.18 bits per heavy atom. The summed E-state index contributed by atoms with van der Waals surface area (Å²) in [5.74, 6) is -0.438. The summed E-state index contributed by atoms with van der Waals surface area (Å²) >= 11 is 0. The molecule has 0 fully saturated rings. The molecule has 3 N–H and O–H groups in total. The summed E-state index contributed by atoms with van der Waals surface area (Å²) < 4.78 is 10.3. The van der Waals surface area contributed by atoms with E-state index in [-0.39, 0.29) is 12.4 Å². The van der Waals surface area contributed by atoms with Gasteiger partial charge in [0.05, 0.1) is 6.61 Å². The quantitative estimate of drug-likeness (QED) is 0.498. The second kappa shape index (κ2) is 12.5. The summed E-state index contributed by atoms with van der Waals surface area (Å²) in [6.45, 7) is 8.30. The third-order valence-corrected chi connectivity index (χ3v) is 2.66. The molecule has 132 valence electrons. The van der Waals surface area contributed by atoms with Crippen molar-refractivity contribution in [3.63, 3.8) is 0 Å². The van der Waals surface area contributed by atoms with Crippen molar-refractivity contribution in [3.05, 3.63) is 0 Å². The molecule has 0 aromatic carbocycles. The Morgan fingerprint density at radius 2 is 1.82 bits per heavy atom. The predicted octanol–water partition coefficient (Wildman–Crippen LogP) is 2.77. The van der Waals surface area contributed by atoms with E-state index in [1.807, 2.05) is 6.92 Å². The lowest BCUT2D eigenvalue weighted by Gasteiger charge is -2.24. The second-order valence-corrected chi connectivity index (χ2v) is 6.00. The average Bonchev–Trinajstić information content (AvgIpc) is 2.36. The van der Waals surface area contributed by atoms with Crippen LogP contribution in [0.1, 0.15) is 59.8 Å². The number of hydrogen-bond donors (Lipinski definition) is 2. The van der Waals surface area contributed by atoms with E-state index in [0.717, 1.165) is 25.7 Å². The van der Waals surface area contributed by atoms with E-state index < -0.39 is 23.7 Å². The van der Waals surface area contributed by atoms with E-state index in [9.17, 15) is 9.59 Å². The minimum atomic E-state index is -0.690. The number of ether oxygens (including phenoxy) is 2. The lowest BCUT2D eigenvalue weighted by Crippen LogP contribution is -2.44. The zero-order chi connectivity index (χ0) is 16.3. The molecule has 0 spiro atoms. The Morgan fingerprint density at radius 3 is 2.32 bits per heavy atom. The van der Waals surface area contributed by atoms with Gasteiger partial charge in [-0.05, 0) is 53.0 Å². The van der Waals surface area contributed by atoms with Crippen LogP contribution in [0.4, 0.5) is 4.79 Å². The molecule has 0 saturated carbocycles. The molecule has 0 aromatic rings. The Balaban J connectivity index is 0. The summed E-state index contributed by atoms with van der Waals surface area (Å²) in [6, 6.07) is -0.690. The number of unbranched alkanes of at least 4 members (excludes halogenated alkanes) is 2. The predicted molar refractivity (Wildman–Crippen MR) is 89.2 cm³/mol. The van der Waals surface area contributed by atoms with E-state index in [0.29, 0.717) is 19.6 Å². The maximum absolute atomic E-state index is 12.1. The van der Waals surface area contributed by atoms with Gasteiger partial charge in [-0.15, -0.1) is 12.4 Å². The Labute approximate surface area is 139 Å². The second-order valence-electron chi connectivity index (χ2n) is 6.00. The van der Waals surface area contributed by atoms with Crippen molar-refractivity contribution in [1.82, 2.24) is 5.32 Å². The van der Waals surface area contributed by atoms with Crippen molar-refractivity contribution in [1.29, 1.82) is 0 Å². The van der Waals surface area contributed by atoms with Gasteiger partial charge in [-0.3, -0.25) is 0 Å². The molecule has 0 aliphatic heterocycles. The number of carbonyl (C=O) groups excluding carboxylic acids is 2. The lowest BCUT2D eigenvalue weighted by molar-refractivity contribution is -0.157. The fourth-order valence-corrected chi connectivity index (χ4v) is 1.61. The van der Waals surface area contributed by atoms with Crippen LogP contribution in [0.25, 0.3) is 0 Å². The summed E-state index contributed by atoms with van der Waals surface area (Å²) in [5, 5.41) is 2.58. The van der Waals surface area contributed by atoms with Crippen molar-refractivity contribution in [3.8, 4) is 0 Å². The van der Waals surface area contributed by atoms with Gasteiger partial charge in [0, 0.05) is 0 Å². The van der Waals surface area contributed by atoms with Crippen molar-refractivity contribution >= 4 is 24.5 Å². The van der Waals surface area contributed by atoms with Gasteiger partial charge in [-0.2, -0.15) is 0 Å². The molecule has 6 nitrogen and oxygen atoms in total. The molecule has 1 atom stereocenters. The SMILES string of the molecule is CCCCOC(=O)N[C@@H](CCCCN)C(=O)OC(C)(C)C.Cl. The highest BCUT2D eigenvalue weighted by Crippen LogP contribution is 2.11. The number of alkyl carbamates (subject to hydrolysis) is 1. The van der Waals surface area contributed by atoms with E-state index in [2.05, 4.69) is 5.32 Å². The smallest absolute Gasteiger partial charge is 0.407 e. The highest BCUT2D eigenvalue weighted by molar-refractivity contribution is 5.85. The number of amides is 1. The number of hydrogen-bond acceptors (Lipinski definition) is 5. The van der Waals surface area contributed by atoms with Gasteiger partial charge in [0.2, 0.25) is 0 Å². The normalized spacial score (nSPS) is 12.0. The van der Waals surface area contributed by atoms with Crippen LogP contribution in [-0.4, -0.2) is 36.9 Å². The molecule has 22 heavy (non-hydrogen) atoms. The molecule has 7 heteroatoms. The van der Waals surface area contributed by atoms with Gasteiger partial charge in [0.25, 0.3) is 0 Å². The zero-order valence-electron chi connectivity index (χ0n) is 14.1.